The predicted octanol–water partition coefficient (Wildman–Crippen LogP) is 4.43. The van der Waals surface area contributed by atoms with Crippen molar-refractivity contribution in [2.45, 2.75) is 6.92 Å². The van der Waals surface area contributed by atoms with E-state index in [0.29, 0.717) is 17.0 Å². The summed E-state index contributed by atoms with van der Waals surface area (Å²) in [4.78, 5) is 22.2. The Hall–Kier alpha value is -3.26. The number of benzene rings is 3. The van der Waals surface area contributed by atoms with E-state index in [-0.39, 0.29) is 12.3 Å². The Morgan fingerprint density at radius 1 is 1.14 bits per heavy atom. The Kier molecular flexibility index (Phi) is 6.00. The smallest absolute Gasteiger partial charge is 0.277 e. The summed E-state index contributed by atoms with van der Waals surface area (Å²) in [6, 6.07) is 17.5. The molecule has 0 fully saturated rings. The number of carbonyl (C=O) groups excluding carboxylic acids is 1. The Morgan fingerprint density at radius 3 is 2.57 bits per heavy atom. The number of hydrogen-bond donors (Lipinski definition) is 1. The summed E-state index contributed by atoms with van der Waals surface area (Å²) in [6.07, 6.45) is 0. The Morgan fingerprint density at radius 2 is 1.86 bits per heavy atom. The number of nitrogens with one attached hydrogen (secondary N) is 1. The van der Waals surface area contributed by atoms with Crippen LogP contribution in [0.5, 0.6) is 5.75 Å². The van der Waals surface area contributed by atoms with Crippen molar-refractivity contribution in [3.8, 4) is 5.75 Å². The number of hydrazone groups is 1. The second-order valence-corrected chi connectivity index (χ2v) is 6.72. The molecule has 1 N–H and O–H groups in total. The first kappa shape index (κ1) is 19.5. The number of fused-ring (bicyclic) bond motifs is 1. The molecule has 3 aromatic rings. The zero-order valence-corrected chi connectivity index (χ0v) is 16.5. The molecule has 7 nitrogen and oxygen atoms in total. The largest absolute Gasteiger partial charge is 0.483 e. The first-order valence-electron chi connectivity index (χ1n) is 8.33. The summed E-state index contributed by atoms with van der Waals surface area (Å²) in [7, 11) is 0. The quantitative estimate of drug-likeness (QED) is 0.347. The summed E-state index contributed by atoms with van der Waals surface area (Å²) in [5.74, 6) is 0.145. The minimum Gasteiger partial charge on any atom is -0.483 e. The third kappa shape index (κ3) is 4.52. The second-order valence-electron chi connectivity index (χ2n) is 5.92. The van der Waals surface area contributed by atoms with Crippen LogP contribution in [0.4, 0.5) is 5.69 Å². The fourth-order valence-electron chi connectivity index (χ4n) is 2.54. The zero-order valence-electron chi connectivity index (χ0n) is 14.9. The van der Waals surface area contributed by atoms with E-state index >= 15 is 0 Å². The van der Waals surface area contributed by atoms with Crippen LogP contribution >= 0.6 is 15.9 Å². The number of ether oxygens (including phenoxy) is 1. The SMILES string of the molecule is C/C(=N\NC(=O)COc1ccc2ccccc2c1Br)c1ccc([N+](=O)[O-])cc1. The number of nitrogens with zero attached hydrogens (tertiary/aromatic N) is 2. The molecule has 28 heavy (non-hydrogen) atoms. The van der Waals surface area contributed by atoms with Gasteiger partial charge in [0.25, 0.3) is 11.6 Å². The van der Waals surface area contributed by atoms with Crippen LogP contribution in [0.15, 0.2) is 70.2 Å². The van der Waals surface area contributed by atoms with Crippen LogP contribution < -0.4 is 10.2 Å². The van der Waals surface area contributed by atoms with E-state index < -0.39 is 10.8 Å². The first-order valence-corrected chi connectivity index (χ1v) is 9.13. The van der Waals surface area contributed by atoms with Gasteiger partial charge in [0.1, 0.15) is 5.75 Å². The fraction of sp³-hybridized carbons (Fsp3) is 0.100. The van der Waals surface area contributed by atoms with Gasteiger partial charge in [-0.2, -0.15) is 5.10 Å². The molecule has 0 aliphatic rings. The summed E-state index contributed by atoms with van der Waals surface area (Å²) >= 11 is 3.51. The van der Waals surface area contributed by atoms with Crippen LogP contribution in [0.2, 0.25) is 0 Å². The average molecular weight is 442 g/mol. The summed E-state index contributed by atoms with van der Waals surface area (Å²) < 4.78 is 6.37. The molecule has 0 heterocycles. The van der Waals surface area contributed by atoms with E-state index in [4.69, 9.17) is 4.74 Å². The lowest BCUT2D eigenvalue weighted by molar-refractivity contribution is -0.384. The van der Waals surface area contributed by atoms with Gasteiger partial charge >= 0.3 is 0 Å². The van der Waals surface area contributed by atoms with E-state index in [2.05, 4.69) is 26.5 Å². The minimum atomic E-state index is -0.472. The van der Waals surface area contributed by atoms with Gasteiger partial charge in [-0.25, -0.2) is 5.43 Å². The molecule has 0 saturated carbocycles. The molecular weight excluding hydrogens is 426 g/mol. The van der Waals surface area contributed by atoms with Crippen molar-refractivity contribution < 1.29 is 14.5 Å². The topological polar surface area (TPSA) is 93.8 Å². The number of amides is 1. The highest BCUT2D eigenvalue weighted by atomic mass is 79.9. The first-order chi connectivity index (χ1) is 13.5. The molecule has 0 saturated heterocycles. The number of rotatable bonds is 6. The van der Waals surface area contributed by atoms with Gasteiger partial charge in [0, 0.05) is 12.1 Å². The van der Waals surface area contributed by atoms with Gasteiger partial charge in [-0.1, -0.05) is 30.3 Å². The molecule has 0 atom stereocenters. The Balaban J connectivity index is 1.60. The molecular formula is C20H16BrN3O4. The van der Waals surface area contributed by atoms with Gasteiger partial charge < -0.3 is 4.74 Å². The number of carbonyl (C=O) groups is 1. The van der Waals surface area contributed by atoms with Gasteiger partial charge in [-0.15, -0.1) is 0 Å². The lowest BCUT2D eigenvalue weighted by atomic mass is 10.1. The van der Waals surface area contributed by atoms with E-state index in [9.17, 15) is 14.9 Å². The van der Waals surface area contributed by atoms with Crippen molar-refractivity contribution in [3.05, 3.63) is 80.8 Å². The Labute approximate surface area is 169 Å². The van der Waals surface area contributed by atoms with Crippen LogP contribution in [-0.4, -0.2) is 23.1 Å². The van der Waals surface area contributed by atoms with Crippen LogP contribution in [0.3, 0.4) is 0 Å². The molecule has 0 aromatic heterocycles. The second kappa shape index (κ2) is 8.62. The maximum atomic E-state index is 12.0. The van der Waals surface area contributed by atoms with E-state index in [1.54, 1.807) is 25.1 Å². The Bertz CT molecular complexity index is 1060. The molecule has 0 unspecified atom stereocenters. The molecule has 0 aliphatic carbocycles. The van der Waals surface area contributed by atoms with Crippen molar-refractivity contribution in [1.82, 2.24) is 5.43 Å². The average Bonchev–Trinajstić information content (AvgIpc) is 2.71. The monoisotopic (exact) mass is 441 g/mol. The molecule has 3 aromatic carbocycles. The number of halogens is 1. The van der Waals surface area contributed by atoms with Crippen molar-refractivity contribution in [2.75, 3.05) is 6.61 Å². The fourth-order valence-corrected chi connectivity index (χ4v) is 3.14. The summed E-state index contributed by atoms with van der Waals surface area (Å²) in [5, 5.41) is 16.7. The molecule has 8 heteroatoms. The maximum absolute atomic E-state index is 12.0. The zero-order chi connectivity index (χ0) is 20.1. The summed E-state index contributed by atoms with van der Waals surface area (Å²) in [5.41, 5.74) is 3.61. The predicted molar refractivity (Wildman–Crippen MR) is 111 cm³/mol. The van der Waals surface area contributed by atoms with Gasteiger partial charge in [-0.05, 0) is 57.4 Å². The number of nitro groups is 1. The van der Waals surface area contributed by atoms with Crippen molar-refractivity contribution in [2.24, 2.45) is 5.10 Å². The summed E-state index contributed by atoms with van der Waals surface area (Å²) in [6.45, 7) is 1.50. The van der Waals surface area contributed by atoms with Crippen LogP contribution in [0.25, 0.3) is 10.8 Å². The normalized spacial score (nSPS) is 11.3. The minimum absolute atomic E-state index is 0.00468. The van der Waals surface area contributed by atoms with E-state index in [1.807, 2.05) is 30.3 Å². The lowest BCUT2D eigenvalue weighted by Gasteiger charge is -2.10. The van der Waals surface area contributed by atoms with Crippen molar-refractivity contribution >= 4 is 44.0 Å². The highest BCUT2D eigenvalue weighted by Crippen LogP contribution is 2.32. The van der Waals surface area contributed by atoms with Crippen molar-refractivity contribution in [3.63, 3.8) is 0 Å². The molecule has 0 aliphatic heterocycles. The van der Waals surface area contributed by atoms with Crippen LogP contribution in [0.1, 0.15) is 12.5 Å². The number of hydrogen-bond acceptors (Lipinski definition) is 5. The molecule has 0 bridgehead atoms. The van der Waals surface area contributed by atoms with Gasteiger partial charge in [0.05, 0.1) is 15.1 Å². The molecule has 0 spiro atoms. The molecule has 1 amide bonds. The van der Waals surface area contributed by atoms with Crippen molar-refractivity contribution in [1.29, 1.82) is 0 Å². The highest BCUT2D eigenvalue weighted by Gasteiger charge is 2.09. The third-order valence-corrected chi connectivity index (χ3v) is 4.85. The van der Waals surface area contributed by atoms with Crippen LogP contribution in [0, 0.1) is 10.1 Å². The molecule has 3 rings (SSSR count). The molecule has 142 valence electrons. The van der Waals surface area contributed by atoms with Gasteiger partial charge in [0.2, 0.25) is 0 Å². The van der Waals surface area contributed by atoms with E-state index in [1.165, 1.54) is 12.1 Å². The highest BCUT2D eigenvalue weighted by molar-refractivity contribution is 9.10. The van der Waals surface area contributed by atoms with E-state index in [0.717, 1.165) is 15.2 Å². The van der Waals surface area contributed by atoms with Gasteiger partial charge in [-0.3, -0.25) is 14.9 Å². The number of non-ortho nitro benzene ring substituents is 1. The van der Waals surface area contributed by atoms with Gasteiger partial charge in [0.15, 0.2) is 6.61 Å². The standard InChI is InChI=1S/C20H16BrN3O4/c1-13(14-6-9-16(10-7-14)24(26)27)22-23-19(25)12-28-18-11-8-15-4-2-3-5-17(15)20(18)21/h2-11H,12H2,1H3,(H,23,25)/b22-13+. The number of nitro benzene ring substituents is 1. The maximum Gasteiger partial charge on any atom is 0.277 e. The third-order valence-electron chi connectivity index (χ3n) is 4.03. The van der Waals surface area contributed by atoms with Crippen LogP contribution in [-0.2, 0) is 4.79 Å². The molecule has 0 radical (unpaired) electrons. The lowest BCUT2D eigenvalue weighted by Crippen LogP contribution is -2.25.